The third-order valence-electron chi connectivity index (χ3n) is 10.0. The van der Waals surface area contributed by atoms with Crippen LogP contribution in [0, 0.1) is 11.3 Å². The lowest BCUT2D eigenvalue weighted by Crippen LogP contribution is -1.94. The van der Waals surface area contributed by atoms with E-state index in [1.807, 2.05) is 30.5 Å². The van der Waals surface area contributed by atoms with Crippen LogP contribution in [0.4, 0.5) is 0 Å². The minimum absolute atomic E-state index is 0.654. The molecule has 226 valence electrons. The van der Waals surface area contributed by atoms with Crippen molar-refractivity contribution in [2.45, 2.75) is 0 Å². The normalized spacial score (nSPS) is 11.7. The van der Waals surface area contributed by atoms with Crippen molar-refractivity contribution in [1.29, 1.82) is 5.26 Å². The van der Waals surface area contributed by atoms with Gasteiger partial charge in [0.05, 0.1) is 28.4 Å². The van der Waals surface area contributed by atoms with E-state index in [-0.39, 0.29) is 0 Å². The SMILES string of the molecule is N#Cc1ccc2c3ccc(-c4cccc(-c5ccc6ccc7c(-c8ccccn8)ccc8ccc5c6c87)c4)cc3n(-c3ccccc3)c2c1. The van der Waals surface area contributed by atoms with Gasteiger partial charge in [0.15, 0.2) is 0 Å². The molecule has 0 bridgehead atoms. The highest BCUT2D eigenvalue weighted by Gasteiger charge is 2.17. The van der Waals surface area contributed by atoms with E-state index in [4.69, 9.17) is 0 Å². The molecule has 8 aromatic carbocycles. The zero-order valence-corrected chi connectivity index (χ0v) is 26.4. The first kappa shape index (κ1) is 27.4. The van der Waals surface area contributed by atoms with Crippen molar-refractivity contribution in [3.05, 3.63) is 169 Å². The van der Waals surface area contributed by atoms with Crippen molar-refractivity contribution in [3.63, 3.8) is 0 Å². The smallest absolute Gasteiger partial charge is 0.0992 e. The molecule has 2 heterocycles. The van der Waals surface area contributed by atoms with E-state index in [0.717, 1.165) is 44.5 Å². The average Bonchev–Trinajstić information content (AvgIpc) is 3.50. The van der Waals surface area contributed by atoms with Crippen molar-refractivity contribution in [3.8, 4) is 45.3 Å². The van der Waals surface area contributed by atoms with Gasteiger partial charge in [-0.25, -0.2) is 0 Å². The third-order valence-corrected chi connectivity index (χ3v) is 10.0. The van der Waals surface area contributed by atoms with Crippen molar-refractivity contribution in [2.75, 3.05) is 0 Å². The van der Waals surface area contributed by atoms with E-state index in [1.165, 1.54) is 48.8 Å². The van der Waals surface area contributed by atoms with Gasteiger partial charge >= 0.3 is 0 Å². The maximum Gasteiger partial charge on any atom is 0.0992 e. The van der Waals surface area contributed by atoms with E-state index in [9.17, 15) is 5.26 Å². The highest BCUT2D eigenvalue weighted by Crippen LogP contribution is 2.43. The lowest BCUT2D eigenvalue weighted by Gasteiger charge is -2.16. The maximum atomic E-state index is 9.69. The van der Waals surface area contributed by atoms with Gasteiger partial charge in [0.2, 0.25) is 0 Å². The number of hydrogen-bond acceptors (Lipinski definition) is 2. The van der Waals surface area contributed by atoms with Crippen molar-refractivity contribution in [1.82, 2.24) is 9.55 Å². The number of pyridine rings is 1. The Hall–Kier alpha value is -6.76. The van der Waals surface area contributed by atoms with E-state index in [1.54, 1.807) is 0 Å². The fourth-order valence-electron chi connectivity index (χ4n) is 7.79. The van der Waals surface area contributed by atoms with Gasteiger partial charge < -0.3 is 4.57 Å². The highest BCUT2D eigenvalue weighted by atomic mass is 15.0. The van der Waals surface area contributed by atoms with Gasteiger partial charge in [-0.1, -0.05) is 109 Å². The molecule has 3 heteroatoms. The minimum atomic E-state index is 0.654. The molecule has 2 aromatic heterocycles. The van der Waals surface area contributed by atoms with Gasteiger partial charge in [0.1, 0.15) is 0 Å². The Morgan fingerprint density at radius 2 is 1.10 bits per heavy atom. The summed E-state index contributed by atoms with van der Waals surface area (Å²) in [6.07, 6.45) is 1.86. The Morgan fingerprint density at radius 3 is 1.86 bits per heavy atom. The Balaban J connectivity index is 1.16. The van der Waals surface area contributed by atoms with E-state index < -0.39 is 0 Å². The Morgan fingerprint density at radius 1 is 0.469 bits per heavy atom. The molecule has 10 aromatic rings. The van der Waals surface area contributed by atoms with Crippen LogP contribution in [0.1, 0.15) is 5.56 Å². The lowest BCUT2D eigenvalue weighted by molar-refractivity contribution is 1.18. The second-order valence-electron chi connectivity index (χ2n) is 12.7. The Kier molecular flexibility index (Phi) is 5.94. The van der Waals surface area contributed by atoms with Gasteiger partial charge in [-0.2, -0.15) is 5.26 Å². The van der Waals surface area contributed by atoms with E-state index >= 15 is 0 Å². The summed E-state index contributed by atoms with van der Waals surface area (Å²) in [6, 6.07) is 58.4. The van der Waals surface area contributed by atoms with Crippen LogP contribution in [0.2, 0.25) is 0 Å². The molecule has 10 rings (SSSR count). The molecule has 3 nitrogen and oxygen atoms in total. The molecule has 0 amide bonds. The van der Waals surface area contributed by atoms with E-state index in [0.29, 0.717) is 5.56 Å². The Bertz CT molecular complexity index is 2930. The van der Waals surface area contributed by atoms with Crippen molar-refractivity contribution < 1.29 is 0 Å². The summed E-state index contributed by atoms with van der Waals surface area (Å²) >= 11 is 0. The van der Waals surface area contributed by atoms with Crippen LogP contribution in [0.25, 0.3) is 93.3 Å². The fraction of sp³-hybridized carbons (Fsp3) is 0. The second-order valence-corrected chi connectivity index (χ2v) is 12.7. The minimum Gasteiger partial charge on any atom is -0.309 e. The summed E-state index contributed by atoms with van der Waals surface area (Å²) in [5, 5.41) is 19.5. The number of para-hydroxylation sites is 1. The van der Waals surface area contributed by atoms with Gasteiger partial charge in [0, 0.05) is 28.2 Å². The molecule has 0 spiro atoms. The van der Waals surface area contributed by atoms with Crippen molar-refractivity contribution >= 4 is 54.1 Å². The molecule has 49 heavy (non-hydrogen) atoms. The number of benzene rings is 8. The quantitative estimate of drug-likeness (QED) is 0.184. The molecule has 0 saturated carbocycles. The van der Waals surface area contributed by atoms with Crippen LogP contribution in [0.5, 0.6) is 0 Å². The predicted molar refractivity (Wildman–Crippen MR) is 203 cm³/mol. The zero-order chi connectivity index (χ0) is 32.5. The Labute approximate surface area is 282 Å². The summed E-state index contributed by atoms with van der Waals surface area (Å²) < 4.78 is 2.28. The molecule has 0 atom stereocenters. The lowest BCUT2D eigenvalue weighted by atomic mass is 9.87. The van der Waals surface area contributed by atoms with Gasteiger partial charge in [-0.3, -0.25) is 4.98 Å². The number of hydrogen-bond donors (Lipinski definition) is 0. The van der Waals surface area contributed by atoms with E-state index in [2.05, 4.69) is 149 Å². The van der Waals surface area contributed by atoms with Crippen LogP contribution < -0.4 is 0 Å². The van der Waals surface area contributed by atoms with Crippen LogP contribution in [-0.4, -0.2) is 9.55 Å². The summed E-state index contributed by atoms with van der Waals surface area (Å²) in [6.45, 7) is 0. The number of rotatable bonds is 4. The summed E-state index contributed by atoms with van der Waals surface area (Å²) in [4.78, 5) is 4.68. The predicted octanol–water partition coefficient (Wildman–Crippen LogP) is 11.9. The van der Waals surface area contributed by atoms with Gasteiger partial charge in [0.25, 0.3) is 0 Å². The molecule has 0 aliphatic carbocycles. The number of fused-ring (bicyclic) bond motifs is 3. The number of nitrogens with zero attached hydrogens (tertiary/aromatic N) is 3. The molecular weight excluding hydrogens is 595 g/mol. The number of nitriles is 1. The third kappa shape index (κ3) is 4.18. The average molecular weight is 622 g/mol. The summed E-state index contributed by atoms with van der Waals surface area (Å²) in [5.74, 6) is 0. The molecule has 0 aliphatic heterocycles. The molecular formula is C46H27N3. The van der Waals surface area contributed by atoms with Gasteiger partial charge in [-0.15, -0.1) is 0 Å². The number of aromatic nitrogens is 2. The van der Waals surface area contributed by atoms with Crippen LogP contribution in [0.3, 0.4) is 0 Å². The molecule has 0 radical (unpaired) electrons. The first-order valence-electron chi connectivity index (χ1n) is 16.5. The first-order valence-corrected chi connectivity index (χ1v) is 16.5. The molecule has 0 saturated heterocycles. The van der Waals surface area contributed by atoms with Crippen LogP contribution in [0.15, 0.2) is 164 Å². The first-order chi connectivity index (χ1) is 24.2. The zero-order valence-electron chi connectivity index (χ0n) is 26.4. The monoisotopic (exact) mass is 621 g/mol. The largest absolute Gasteiger partial charge is 0.309 e. The van der Waals surface area contributed by atoms with Gasteiger partial charge in [-0.05, 0) is 103 Å². The molecule has 0 aliphatic rings. The summed E-state index contributed by atoms with van der Waals surface area (Å²) in [7, 11) is 0. The van der Waals surface area contributed by atoms with Crippen LogP contribution in [-0.2, 0) is 0 Å². The highest BCUT2D eigenvalue weighted by molar-refractivity contribution is 6.27. The molecule has 0 fully saturated rings. The maximum absolute atomic E-state index is 9.69. The fourth-order valence-corrected chi connectivity index (χ4v) is 7.79. The van der Waals surface area contributed by atoms with Crippen LogP contribution >= 0.6 is 0 Å². The van der Waals surface area contributed by atoms with Crippen molar-refractivity contribution in [2.24, 2.45) is 0 Å². The standard InChI is InChI=1S/C46H27N3/c47-28-29-12-18-38-39-21-17-33(27-44(39)49(43(38)25-29)35-9-2-1-3-10-35)32-7-6-8-34(26-32)36-19-13-30-16-23-41-37(42-11-4-5-24-48-42)20-14-31-15-22-40(36)45(30)46(31)41/h1-27H. The second kappa shape index (κ2) is 10.6. The molecule has 0 unspecified atom stereocenters. The molecule has 0 N–H and O–H groups in total. The topological polar surface area (TPSA) is 41.6 Å². The summed E-state index contributed by atoms with van der Waals surface area (Å²) in [5.41, 5.74) is 10.7.